The number of nitrogens with zero attached hydrogens (tertiary/aromatic N) is 2. The van der Waals surface area contributed by atoms with E-state index in [0.29, 0.717) is 36.2 Å². The summed E-state index contributed by atoms with van der Waals surface area (Å²) in [5, 5.41) is 0.671. The van der Waals surface area contributed by atoms with Crippen LogP contribution in [0.2, 0.25) is 5.02 Å². The van der Waals surface area contributed by atoms with Gasteiger partial charge >= 0.3 is 0 Å². The van der Waals surface area contributed by atoms with E-state index in [9.17, 15) is 4.79 Å². The third-order valence-electron chi connectivity index (χ3n) is 4.69. The molecule has 0 aliphatic carbocycles. The van der Waals surface area contributed by atoms with Gasteiger partial charge in [-0.2, -0.15) is 0 Å². The number of aromatic nitrogens is 1. The molecular formula is C20H18ClN3O2. The van der Waals surface area contributed by atoms with Crippen LogP contribution in [-0.2, 0) is 24.3 Å². The fourth-order valence-electron chi connectivity index (χ4n) is 3.33. The average Bonchev–Trinajstić information content (AvgIpc) is 3.10. The third kappa shape index (κ3) is 3.36. The van der Waals surface area contributed by atoms with Crippen molar-refractivity contribution < 1.29 is 9.21 Å². The quantitative estimate of drug-likeness (QED) is 0.767. The van der Waals surface area contributed by atoms with Crippen LogP contribution in [0.15, 0.2) is 59.1 Å². The summed E-state index contributed by atoms with van der Waals surface area (Å²) in [5.74, 6) is 0.897. The van der Waals surface area contributed by atoms with Crippen LogP contribution in [0.3, 0.4) is 0 Å². The summed E-state index contributed by atoms with van der Waals surface area (Å²) in [4.78, 5) is 18.3. The van der Waals surface area contributed by atoms with Gasteiger partial charge in [-0.1, -0.05) is 35.9 Å². The SMILES string of the molecule is NC(=O)C1Cc2ccccc2CN1Cc1ncc(-c2ccc(Cl)cc2)o1. The topological polar surface area (TPSA) is 72.4 Å². The van der Waals surface area contributed by atoms with Gasteiger partial charge in [-0.25, -0.2) is 4.98 Å². The van der Waals surface area contributed by atoms with Crippen LogP contribution in [0.1, 0.15) is 17.0 Å². The molecule has 0 bridgehead atoms. The standard InChI is InChI=1S/C20H18ClN3O2/c21-16-7-5-13(6-8-16)18-10-23-19(26-18)12-24-11-15-4-2-1-3-14(15)9-17(24)20(22)25/h1-8,10,17H,9,11-12H2,(H2,22,25). The second-order valence-electron chi connectivity index (χ2n) is 6.42. The van der Waals surface area contributed by atoms with E-state index in [1.54, 1.807) is 6.20 Å². The Hall–Kier alpha value is -2.63. The number of primary amides is 1. The lowest BCUT2D eigenvalue weighted by Gasteiger charge is -2.34. The Balaban J connectivity index is 1.56. The summed E-state index contributed by atoms with van der Waals surface area (Å²) in [7, 11) is 0. The smallest absolute Gasteiger partial charge is 0.235 e. The maximum Gasteiger partial charge on any atom is 0.235 e. The van der Waals surface area contributed by atoms with Crippen molar-refractivity contribution in [3.63, 3.8) is 0 Å². The number of benzene rings is 2. The van der Waals surface area contributed by atoms with Gasteiger partial charge in [0.05, 0.1) is 18.8 Å². The zero-order chi connectivity index (χ0) is 18.1. The van der Waals surface area contributed by atoms with Crippen molar-refractivity contribution in [3.05, 3.63) is 76.8 Å². The average molecular weight is 368 g/mol. The Kier molecular flexibility index (Phi) is 4.49. The minimum absolute atomic E-state index is 0.330. The fourth-order valence-corrected chi connectivity index (χ4v) is 3.45. The Morgan fingerprint density at radius 3 is 2.65 bits per heavy atom. The maximum atomic E-state index is 11.9. The van der Waals surface area contributed by atoms with Crippen molar-refractivity contribution in [1.29, 1.82) is 0 Å². The van der Waals surface area contributed by atoms with E-state index in [4.69, 9.17) is 21.8 Å². The molecule has 4 rings (SSSR count). The van der Waals surface area contributed by atoms with Gasteiger partial charge in [0.15, 0.2) is 5.76 Å². The molecule has 2 heterocycles. The van der Waals surface area contributed by atoms with Crippen molar-refractivity contribution in [2.45, 2.75) is 25.6 Å². The van der Waals surface area contributed by atoms with E-state index in [1.807, 2.05) is 47.4 Å². The second kappa shape index (κ2) is 6.94. The number of carbonyl (C=O) groups is 1. The number of rotatable bonds is 4. The van der Waals surface area contributed by atoms with Crippen LogP contribution in [0.4, 0.5) is 0 Å². The lowest BCUT2D eigenvalue weighted by Crippen LogP contribution is -2.48. The molecule has 1 aromatic heterocycles. The summed E-state index contributed by atoms with van der Waals surface area (Å²) in [5.41, 5.74) is 8.91. The van der Waals surface area contributed by atoms with E-state index in [2.05, 4.69) is 11.1 Å². The second-order valence-corrected chi connectivity index (χ2v) is 6.86. The van der Waals surface area contributed by atoms with Crippen LogP contribution in [0.5, 0.6) is 0 Å². The van der Waals surface area contributed by atoms with E-state index < -0.39 is 0 Å². The van der Waals surface area contributed by atoms with Crippen molar-refractivity contribution in [2.75, 3.05) is 0 Å². The highest BCUT2D eigenvalue weighted by molar-refractivity contribution is 6.30. The Morgan fingerprint density at radius 2 is 1.92 bits per heavy atom. The molecule has 2 aromatic carbocycles. The number of oxazole rings is 1. The van der Waals surface area contributed by atoms with Crippen LogP contribution < -0.4 is 5.73 Å². The number of carbonyl (C=O) groups excluding carboxylic acids is 1. The molecule has 2 N–H and O–H groups in total. The minimum atomic E-state index is -0.365. The Labute approximate surface area is 156 Å². The van der Waals surface area contributed by atoms with Gasteiger partial charge in [0.1, 0.15) is 0 Å². The first-order chi connectivity index (χ1) is 12.6. The summed E-state index contributed by atoms with van der Waals surface area (Å²) in [6, 6.07) is 15.1. The van der Waals surface area contributed by atoms with Gasteiger partial charge in [0.25, 0.3) is 0 Å². The Morgan fingerprint density at radius 1 is 1.19 bits per heavy atom. The molecule has 1 unspecified atom stereocenters. The number of fused-ring (bicyclic) bond motifs is 1. The largest absolute Gasteiger partial charge is 0.439 e. The molecule has 3 aromatic rings. The molecule has 1 aliphatic rings. The maximum absolute atomic E-state index is 11.9. The molecule has 1 amide bonds. The van der Waals surface area contributed by atoms with Crippen molar-refractivity contribution in [1.82, 2.24) is 9.88 Å². The number of hydrogen-bond donors (Lipinski definition) is 1. The highest BCUT2D eigenvalue weighted by atomic mass is 35.5. The predicted octanol–water partition coefficient (Wildman–Crippen LogP) is 3.41. The number of amides is 1. The van der Waals surface area contributed by atoms with E-state index >= 15 is 0 Å². The van der Waals surface area contributed by atoms with E-state index in [1.165, 1.54) is 11.1 Å². The summed E-state index contributed by atoms with van der Waals surface area (Å²) >= 11 is 5.92. The normalized spacial score (nSPS) is 17.0. The molecule has 0 spiro atoms. The number of nitrogens with two attached hydrogens (primary N) is 1. The molecule has 0 radical (unpaired) electrons. The first kappa shape index (κ1) is 16.8. The zero-order valence-electron chi connectivity index (χ0n) is 14.1. The molecule has 132 valence electrons. The van der Waals surface area contributed by atoms with Crippen LogP contribution >= 0.6 is 11.6 Å². The van der Waals surface area contributed by atoms with Gasteiger partial charge in [-0.05, 0) is 41.8 Å². The fraction of sp³-hybridized carbons (Fsp3) is 0.200. The van der Waals surface area contributed by atoms with Crippen molar-refractivity contribution in [2.24, 2.45) is 5.73 Å². The third-order valence-corrected chi connectivity index (χ3v) is 4.95. The lowest BCUT2D eigenvalue weighted by atomic mass is 9.93. The highest BCUT2D eigenvalue weighted by Crippen LogP contribution is 2.27. The highest BCUT2D eigenvalue weighted by Gasteiger charge is 2.30. The molecule has 0 fully saturated rings. The first-order valence-electron chi connectivity index (χ1n) is 8.41. The molecule has 1 aliphatic heterocycles. The van der Waals surface area contributed by atoms with Gasteiger partial charge in [-0.15, -0.1) is 0 Å². The number of halogens is 1. The van der Waals surface area contributed by atoms with Crippen LogP contribution in [0, 0.1) is 0 Å². The number of hydrogen-bond acceptors (Lipinski definition) is 4. The van der Waals surface area contributed by atoms with Crippen LogP contribution in [0.25, 0.3) is 11.3 Å². The van der Waals surface area contributed by atoms with Crippen LogP contribution in [-0.4, -0.2) is 21.8 Å². The summed E-state index contributed by atoms with van der Waals surface area (Å²) in [6.45, 7) is 1.07. The first-order valence-corrected chi connectivity index (χ1v) is 8.79. The predicted molar refractivity (Wildman–Crippen MR) is 99.3 cm³/mol. The molecule has 5 nitrogen and oxygen atoms in total. The molecular weight excluding hydrogens is 350 g/mol. The molecule has 0 saturated heterocycles. The minimum Gasteiger partial charge on any atom is -0.439 e. The monoisotopic (exact) mass is 367 g/mol. The lowest BCUT2D eigenvalue weighted by molar-refractivity contribution is -0.124. The van der Waals surface area contributed by atoms with Crippen molar-refractivity contribution >= 4 is 17.5 Å². The summed E-state index contributed by atoms with van der Waals surface area (Å²) in [6.07, 6.45) is 2.30. The molecule has 26 heavy (non-hydrogen) atoms. The van der Waals surface area contributed by atoms with Gasteiger partial charge in [0, 0.05) is 17.1 Å². The van der Waals surface area contributed by atoms with E-state index in [-0.39, 0.29) is 11.9 Å². The summed E-state index contributed by atoms with van der Waals surface area (Å²) < 4.78 is 5.88. The molecule has 1 atom stereocenters. The van der Waals surface area contributed by atoms with Crippen molar-refractivity contribution in [3.8, 4) is 11.3 Å². The van der Waals surface area contributed by atoms with Gasteiger partial charge < -0.3 is 10.2 Å². The molecule has 0 saturated carbocycles. The zero-order valence-corrected chi connectivity index (χ0v) is 14.8. The Bertz CT molecular complexity index is 936. The van der Waals surface area contributed by atoms with Gasteiger partial charge in [-0.3, -0.25) is 9.69 Å². The van der Waals surface area contributed by atoms with Gasteiger partial charge in [0.2, 0.25) is 11.8 Å². The molecule has 6 heteroatoms. The van der Waals surface area contributed by atoms with E-state index in [0.717, 1.165) is 5.56 Å².